The standard InChI is InChI=1S/C20H20O5/c1-15(21)17-9-11-18(12-10-17)24-13-5-8-19(22)20(23)25-14-16-6-3-2-4-7-16/h2-4,6-7,9-12H,5,8,13-14H2,1H3. The van der Waals surface area contributed by atoms with Crippen LogP contribution >= 0.6 is 0 Å². The second-order valence-corrected chi connectivity index (χ2v) is 5.52. The largest absolute Gasteiger partial charge is 0.494 e. The van der Waals surface area contributed by atoms with Crippen molar-refractivity contribution >= 4 is 17.5 Å². The van der Waals surface area contributed by atoms with E-state index < -0.39 is 11.8 Å². The van der Waals surface area contributed by atoms with Gasteiger partial charge in [0.2, 0.25) is 5.78 Å². The average Bonchev–Trinajstić information content (AvgIpc) is 2.64. The van der Waals surface area contributed by atoms with Gasteiger partial charge in [0.05, 0.1) is 6.61 Å². The third-order valence-electron chi connectivity index (χ3n) is 3.52. The molecule has 0 radical (unpaired) electrons. The van der Waals surface area contributed by atoms with Crippen molar-refractivity contribution < 1.29 is 23.9 Å². The number of Topliss-reactive ketones (excluding diaryl/α,β-unsaturated/α-hetero) is 2. The second-order valence-electron chi connectivity index (χ2n) is 5.52. The molecule has 0 aliphatic rings. The first-order chi connectivity index (χ1) is 12.1. The number of ether oxygens (including phenoxy) is 2. The molecule has 25 heavy (non-hydrogen) atoms. The van der Waals surface area contributed by atoms with Gasteiger partial charge >= 0.3 is 5.97 Å². The predicted octanol–water partition coefficient (Wildman–Crippen LogP) is 3.36. The topological polar surface area (TPSA) is 69.7 Å². The van der Waals surface area contributed by atoms with Crippen molar-refractivity contribution in [1.82, 2.24) is 0 Å². The van der Waals surface area contributed by atoms with Crippen LogP contribution < -0.4 is 4.74 Å². The van der Waals surface area contributed by atoms with E-state index in [0.717, 1.165) is 5.56 Å². The molecule has 0 spiro atoms. The zero-order chi connectivity index (χ0) is 18.1. The number of carbonyl (C=O) groups excluding carboxylic acids is 3. The van der Waals surface area contributed by atoms with Crippen LogP contribution in [0, 0.1) is 0 Å². The molecule has 0 atom stereocenters. The van der Waals surface area contributed by atoms with E-state index in [2.05, 4.69) is 0 Å². The van der Waals surface area contributed by atoms with Crippen LogP contribution in [0.5, 0.6) is 5.75 Å². The Kier molecular flexibility index (Phi) is 6.89. The van der Waals surface area contributed by atoms with Crippen LogP contribution in [0.15, 0.2) is 54.6 Å². The fourth-order valence-electron chi connectivity index (χ4n) is 2.11. The molecule has 0 saturated carbocycles. The number of ketones is 2. The molecule has 2 aromatic rings. The minimum atomic E-state index is -0.824. The molecule has 0 N–H and O–H groups in total. The molecular formula is C20H20O5. The molecule has 0 aliphatic heterocycles. The van der Waals surface area contributed by atoms with Gasteiger partial charge in [-0.2, -0.15) is 0 Å². The number of rotatable bonds is 9. The van der Waals surface area contributed by atoms with Crippen molar-refractivity contribution in [2.24, 2.45) is 0 Å². The summed E-state index contributed by atoms with van der Waals surface area (Å²) in [5.74, 6) is -0.781. The summed E-state index contributed by atoms with van der Waals surface area (Å²) in [5.41, 5.74) is 1.45. The molecule has 0 fully saturated rings. The Balaban J connectivity index is 1.66. The smallest absolute Gasteiger partial charge is 0.374 e. The molecule has 2 aromatic carbocycles. The van der Waals surface area contributed by atoms with Crippen LogP contribution in [-0.2, 0) is 20.9 Å². The Hall–Kier alpha value is -2.95. The Morgan fingerprint density at radius 3 is 2.24 bits per heavy atom. The number of benzene rings is 2. The molecule has 5 heteroatoms. The number of esters is 1. The van der Waals surface area contributed by atoms with Crippen LogP contribution in [0.25, 0.3) is 0 Å². The summed E-state index contributed by atoms with van der Waals surface area (Å²) >= 11 is 0. The highest BCUT2D eigenvalue weighted by Gasteiger charge is 2.15. The quantitative estimate of drug-likeness (QED) is 0.303. The van der Waals surface area contributed by atoms with Crippen molar-refractivity contribution in [3.05, 3.63) is 65.7 Å². The zero-order valence-electron chi connectivity index (χ0n) is 14.1. The van der Waals surface area contributed by atoms with Crippen LogP contribution in [0.2, 0.25) is 0 Å². The Labute approximate surface area is 146 Å². The summed E-state index contributed by atoms with van der Waals surface area (Å²) in [6.07, 6.45) is 0.479. The first kappa shape index (κ1) is 18.4. The maximum atomic E-state index is 11.7. The lowest BCUT2D eigenvalue weighted by molar-refractivity contribution is -0.154. The molecule has 0 aromatic heterocycles. The molecule has 0 saturated heterocycles. The molecule has 2 rings (SSSR count). The van der Waals surface area contributed by atoms with E-state index in [-0.39, 0.29) is 18.8 Å². The van der Waals surface area contributed by atoms with Crippen molar-refractivity contribution in [3.63, 3.8) is 0 Å². The molecule has 0 heterocycles. The molecule has 0 bridgehead atoms. The number of hydrogen-bond acceptors (Lipinski definition) is 5. The summed E-state index contributed by atoms with van der Waals surface area (Å²) in [4.78, 5) is 34.5. The number of hydrogen-bond donors (Lipinski definition) is 0. The third kappa shape index (κ3) is 6.22. The van der Waals surface area contributed by atoms with Crippen molar-refractivity contribution in [2.75, 3.05) is 6.61 Å². The monoisotopic (exact) mass is 340 g/mol. The summed E-state index contributed by atoms with van der Waals surface area (Å²) in [6, 6.07) is 16.0. The minimum absolute atomic E-state index is 0.00818. The Morgan fingerprint density at radius 2 is 1.60 bits per heavy atom. The van der Waals surface area contributed by atoms with Gasteiger partial charge in [0.25, 0.3) is 0 Å². The summed E-state index contributed by atoms with van der Waals surface area (Å²) < 4.78 is 10.5. The molecule has 5 nitrogen and oxygen atoms in total. The van der Waals surface area contributed by atoms with Gasteiger partial charge in [-0.15, -0.1) is 0 Å². The predicted molar refractivity (Wildman–Crippen MR) is 92.4 cm³/mol. The van der Waals surface area contributed by atoms with Gasteiger partial charge in [0, 0.05) is 12.0 Å². The van der Waals surface area contributed by atoms with Gasteiger partial charge in [-0.05, 0) is 43.2 Å². The van der Waals surface area contributed by atoms with E-state index in [0.29, 0.717) is 24.3 Å². The van der Waals surface area contributed by atoms with Crippen molar-refractivity contribution in [1.29, 1.82) is 0 Å². The Morgan fingerprint density at radius 1 is 0.920 bits per heavy atom. The lowest BCUT2D eigenvalue weighted by Crippen LogP contribution is -2.18. The van der Waals surface area contributed by atoms with E-state index in [9.17, 15) is 14.4 Å². The first-order valence-electron chi connectivity index (χ1n) is 8.04. The molecule has 0 unspecified atom stereocenters. The molecular weight excluding hydrogens is 320 g/mol. The minimum Gasteiger partial charge on any atom is -0.494 e. The fraction of sp³-hybridized carbons (Fsp3) is 0.250. The van der Waals surface area contributed by atoms with Crippen molar-refractivity contribution in [3.8, 4) is 5.75 Å². The van der Waals surface area contributed by atoms with Gasteiger partial charge in [0.1, 0.15) is 12.4 Å². The van der Waals surface area contributed by atoms with E-state index in [1.54, 1.807) is 24.3 Å². The van der Waals surface area contributed by atoms with Gasteiger partial charge < -0.3 is 9.47 Å². The van der Waals surface area contributed by atoms with Crippen LogP contribution in [0.4, 0.5) is 0 Å². The summed E-state index contributed by atoms with van der Waals surface area (Å²) in [6.45, 7) is 1.89. The molecule has 0 amide bonds. The highest BCUT2D eigenvalue weighted by molar-refractivity contribution is 6.33. The van der Waals surface area contributed by atoms with Gasteiger partial charge in [-0.25, -0.2) is 4.79 Å². The fourth-order valence-corrected chi connectivity index (χ4v) is 2.11. The van der Waals surface area contributed by atoms with E-state index >= 15 is 0 Å². The van der Waals surface area contributed by atoms with Gasteiger partial charge in [-0.3, -0.25) is 9.59 Å². The van der Waals surface area contributed by atoms with Gasteiger partial charge in [-0.1, -0.05) is 30.3 Å². The summed E-state index contributed by atoms with van der Waals surface area (Å²) in [7, 11) is 0. The van der Waals surface area contributed by atoms with Crippen LogP contribution in [0.3, 0.4) is 0 Å². The van der Waals surface area contributed by atoms with Gasteiger partial charge in [0.15, 0.2) is 5.78 Å². The maximum Gasteiger partial charge on any atom is 0.374 e. The number of carbonyl (C=O) groups is 3. The van der Waals surface area contributed by atoms with Crippen LogP contribution in [-0.4, -0.2) is 24.1 Å². The maximum absolute atomic E-state index is 11.7. The lowest BCUT2D eigenvalue weighted by atomic mass is 10.1. The zero-order valence-corrected chi connectivity index (χ0v) is 14.1. The molecule has 130 valence electrons. The summed E-state index contributed by atoms with van der Waals surface area (Å²) in [5, 5.41) is 0. The highest BCUT2D eigenvalue weighted by Crippen LogP contribution is 2.13. The van der Waals surface area contributed by atoms with E-state index in [1.807, 2.05) is 30.3 Å². The second kappa shape index (κ2) is 9.37. The van der Waals surface area contributed by atoms with E-state index in [1.165, 1.54) is 6.92 Å². The highest BCUT2D eigenvalue weighted by atomic mass is 16.5. The van der Waals surface area contributed by atoms with Crippen LogP contribution in [0.1, 0.15) is 35.7 Å². The first-order valence-corrected chi connectivity index (χ1v) is 8.04. The third-order valence-corrected chi connectivity index (χ3v) is 3.52. The molecule has 0 aliphatic carbocycles. The average molecular weight is 340 g/mol. The van der Waals surface area contributed by atoms with E-state index in [4.69, 9.17) is 9.47 Å². The van der Waals surface area contributed by atoms with Crippen molar-refractivity contribution in [2.45, 2.75) is 26.4 Å². The normalized spacial score (nSPS) is 10.1. The SMILES string of the molecule is CC(=O)c1ccc(OCCCC(=O)C(=O)OCc2ccccc2)cc1. The Bertz CT molecular complexity index is 720. The lowest BCUT2D eigenvalue weighted by Gasteiger charge is -2.07.